The zero-order valence-corrected chi connectivity index (χ0v) is 19.4. The maximum atomic E-state index is 13.2. The van der Waals surface area contributed by atoms with Gasteiger partial charge < -0.3 is 19.3 Å². The molecule has 1 amide bonds. The van der Waals surface area contributed by atoms with E-state index in [0.29, 0.717) is 23.6 Å². The largest absolute Gasteiger partial charge is 0.486 e. The second kappa shape index (κ2) is 9.83. The van der Waals surface area contributed by atoms with Gasteiger partial charge in [-0.1, -0.05) is 0 Å². The molecule has 1 aromatic rings. The van der Waals surface area contributed by atoms with Crippen molar-refractivity contribution in [2.45, 2.75) is 58.5 Å². The highest BCUT2D eigenvalue weighted by Gasteiger charge is 2.47. The molecule has 3 heterocycles. The number of rotatable bonds is 7. The lowest BCUT2D eigenvalue weighted by molar-refractivity contribution is -0.154. The van der Waals surface area contributed by atoms with Crippen molar-refractivity contribution in [1.82, 2.24) is 14.9 Å². The Balaban J connectivity index is 1.46. The molecule has 3 rings (SSSR count). The first kappa shape index (κ1) is 23.9. The summed E-state index contributed by atoms with van der Waals surface area (Å²) in [5.41, 5.74) is -0.431. The van der Waals surface area contributed by atoms with Crippen LogP contribution in [0.3, 0.4) is 0 Å². The van der Waals surface area contributed by atoms with Gasteiger partial charge in [-0.3, -0.25) is 9.59 Å². The number of esters is 1. The van der Waals surface area contributed by atoms with Crippen molar-refractivity contribution in [3.8, 4) is 5.75 Å². The molecule has 0 aromatic carbocycles. The number of likely N-dealkylation sites (tertiary alicyclic amines) is 1. The van der Waals surface area contributed by atoms with E-state index in [-0.39, 0.29) is 36.7 Å². The molecule has 8 nitrogen and oxygen atoms in total. The Bertz CT molecular complexity index is 843. The number of nitrogens with zero attached hydrogens (tertiary/aromatic N) is 4. The quantitative estimate of drug-likeness (QED) is 0.592. The fourth-order valence-corrected chi connectivity index (χ4v) is 4.13. The summed E-state index contributed by atoms with van der Waals surface area (Å²) < 4.78 is 24.0. The molecular weight excluding hydrogens is 415 g/mol. The van der Waals surface area contributed by atoms with Crippen molar-refractivity contribution in [1.29, 1.82) is 0 Å². The van der Waals surface area contributed by atoms with Crippen LogP contribution in [0, 0.1) is 5.41 Å². The van der Waals surface area contributed by atoms with Crippen molar-refractivity contribution >= 4 is 17.8 Å². The molecule has 2 fully saturated rings. The Morgan fingerprint density at radius 1 is 1.16 bits per heavy atom. The third kappa shape index (κ3) is 5.95. The van der Waals surface area contributed by atoms with Gasteiger partial charge in [0.15, 0.2) is 5.75 Å². The van der Waals surface area contributed by atoms with Crippen LogP contribution in [0.15, 0.2) is 24.3 Å². The topological polar surface area (TPSA) is 84.9 Å². The summed E-state index contributed by atoms with van der Waals surface area (Å²) in [6, 6.07) is 0. The SMILES string of the molecule is CN1CCC2(CCN(c3ncc(OC/C(=C/F)CCC(=O)OC(C)(C)C)cn3)CC2)C1=O. The maximum Gasteiger partial charge on any atom is 0.306 e. The molecule has 0 aliphatic carbocycles. The van der Waals surface area contributed by atoms with E-state index < -0.39 is 5.60 Å². The van der Waals surface area contributed by atoms with Crippen molar-refractivity contribution in [3.63, 3.8) is 0 Å². The Hall–Kier alpha value is -2.71. The van der Waals surface area contributed by atoms with Crippen LogP contribution in [-0.2, 0) is 14.3 Å². The molecule has 0 radical (unpaired) electrons. The van der Waals surface area contributed by atoms with Gasteiger partial charge in [0.25, 0.3) is 0 Å². The second-order valence-electron chi connectivity index (χ2n) is 9.61. The average molecular weight is 449 g/mol. The molecule has 0 bridgehead atoms. The van der Waals surface area contributed by atoms with E-state index in [1.165, 1.54) is 0 Å². The number of hydrogen-bond donors (Lipinski definition) is 0. The average Bonchev–Trinajstić information content (AvgIpc) is 3.02. The van der Waals surface area contributed by atoms with Gasteiger partial charge in [-0.05, 0) is 52.0 Å². The fraction of sp³-hybridized carbons (Fsp3) is 0.652. The zero-order chi connectivity index (χ0) is 23.4. The van der Waals surface area contributed by atoms with E-state index in [0.717, 1.165) is 38.9 Å². The number of carbonyl (C=O) groups is 2. The van der Waals surface area contributed by atoms with Gasteiger partial charge in [-0.2, -0.15) is 0 Å². The first-order valence-corrected chi connectivity index (χ1v) is 11.1. The number of piperidine rings is 1. The highest BCUT2D eigenvalue weighted by atomic mass is 19.1. The highest BCUT2D eigenvalue weighted by Crippen LogP contribution is 2.41. The van der Waals surface area contributed by atoms with Gasteiger partial charge in [0, 0.05) is 33.1 Å². The van der Waals surface area contributed by atoms with Gasteiger partial charge in [0.1, 0.15) is 12.2 Å². The molecule has 32 heavy (non-hydrogen) atoms. The molecule has 0 atom stereocenters. The molecule has 9 heteroatoms. The molecular formula is C23H33FN4O4. The van der Waals surface area contributed by atoms with Crippen molar-refractivity contribution < 1.29 is 23.5 Å². The molecule has 176 valence electrons. The first-order chi connectivity index (χ1) is 15.1. The molecule has 0 unspecified atom stereocenters. The Labute approximate surface area is 188 Å². The molecule has 0 saturated carbocycles. The van der Waals surface area contributed by atoms with Gasteiger partial charge in [-0.15, -0.1) is 0 Å². The molecule has 1 spiro atoms. The van der Waals surface area contributed by atoms with Crippen molar-refractivity contribution in [3.05, 3.63) is 24.3 Å². The smallest absolute Gasteiger partial charge is 0.306 e. The zero-order valence-electron chi connectivity index (χ0n) is 19.4. The summed E-state index contributed by atoms with van der Waals surface area (Å²) >= 11 is 0. The standard InChI is InChI=1S/C23H33FN4O4/c1-22(2,3)32-19(29)6-5-17(13-24)16-31-18-14-25-21(26-15-18)28-11-8-23(9-12-28)7-10-27(4)20(23)30/h13-15H,5-12,16H2,1-4H3/b17-13+. The summed E-state index contributed by atoms with van der Waals surface area (Å²) in [4.78, 5) is 36.9. The fourth-order valence-electron chi connectivity index (χ4n) is 4.13. The minimum atomic E-state index is -0.565. The summed E-state index contributed by atoms with van der Waals surface area (Å²) in [5.74, 6) is 0.896. The van der Waals surface area contributed by atoms with Crippen LogP contribution < -0.4 is 9.64 Å². The van der Waals surface area contributed by atoms with Gasteiger partial charge in [0.05, 0.1) is 24.1 Å². The minimum Gasteiger partial charge on any atom is -0.486 e. The lowest BCUT2D eigenvalue weighted by Gasteiger charge is -2.37. The Morgan fingerprint density at radius 2 is 1.78 bits per heavy atom. The number of ether oxygens (including phenoxy) is 2. The predicted molar refractivity (Wildman–Crippen MR) is 118 cm³/mol. The van der Waals surface area contributed by atoms with Gasteiger partial charge in [0.2, 0.25) is 11.9 Å². The van der Waals surface area contributed by atoms with Crippen LogP contribution in [0.2, 0.25) is 0 Å². The van der Waals surface area contributed by atoms with Crippen LogP contribution in [0.1, 0.15) is 52.9 Å². The van der Waals surface area contributed by atoms with Crippen LogP contribution >= 0.6 is 0 Å². The highest BCUT2D eigenvalue weighted by molar-refractivity contribution is 5.84. The number of carbonyl (C=O) groups excluding carboxylic acids is 2. The van der Waals surface area contributed by atoms with Crippen molar-refractivity contribution in [2.24, 2.45) is 5.41 Å². The van der Waals surface area contributed by atoms with Crippen LogP contribution in [0.4, 0.5) is 10.3 Å². The van der Waals surface area contributed by atoms with Crippen molar-refractivity contribution in [2.75, 3.05) is 38.2 Å². The third-order valence-electron chi connectivity index (χ3n) is 5.99. The Morgan fingerprint density at radius 3 is 2.31 bits per heavy atom. The van der Waals surface area contributed by atoms with Gasteiger partial charge >= 0.3 is 5.97 Å². The minimum absolute atomic E-state index is 0.00384. The monoisotopic (exact) mass is 448 g/mol. The lowest BCUT2D eigenvalue weighted by atomic mass is 9.77. The molecule has 2 aliphatic heterocycles. The molecule has 0 N–H and O–H groups in total. The number of aromatic nitrogens is 2. The van der Waals surface area contributed by atoms with E-state index in [9.17, 15) is 14.0 Å². The normalized spacial score (nSPS) is 18.9. The maximum absolute atomic E-state index is 13.2. The molecule has 2 saturated heterocycles. The summed E-state index contributed by atoms with van der Waals surface area (Å²) in [6.07, 6.45) is 6.41. The van der Waals surface area contributed by atoms with Gasteiger partial charge in [-0.25, -0.2) is 14.4 Å². The van der Waals surface area contributed by atoms with E-state index >= 15 is 0 Å². The summed E-state index contributed by atoms with van der Waals surface area (Å²) in [7, 11) is 1.87. The van der Waals surface area contributed by atoms with Crippen LogP contribution in [0.25, 0.3) is 0 Å². The predicted octanol–water partition coefficient (Wildman–Crippen LogP) is 3.28. The third-order valence-corrected chi connectivity index (χ3v) is 5.99. The lowest BCUT2D eigenvalue weighted by Crippen LogP contribution is -2.44. The van der Waals surface area contributed by atoms with Crippen LogP contribution in [-0.4, -0.2) is 65.6 Å². The Kier molecular flexibility index (Phi) is 7.36. The van der Waals surface area contributed by atoms with E-state index in [1.807, 2.05) is 11.9 Å². The van der Waals surface area contributed by atoms with E-state index in [2.05, 4.69) is 14.9 Å². The summed E-state index contributed by atoms with van der Waals surface area (Å²) in [6.45, 7) is 7.67. The number of anilines is 1. The second-order valence-corrected chi connectivity index (χ2v) is 9.61. The molecule has 1 aromatic heterocycles. The number of amides is 1. The van der Waals surface area contributed by atoms with E-state index in [4.69, 9.17) is 9.47 Å². The van der Waals surface area contributed by atoms with Crippen LogP contribution in [0.5, 0.6) is 5.75 Å². The number of hydrogen-bond acceptors (Lipinski definition) is 7. The first-order valence-electron chi connectivity index (χ1n) is 11.1. The number of halogens is 1. The summed E-state index contributed by atoms with van der Waals surface area (Å²) in [5, 5.41) is 0. The van der Waals surface area contributed by atoms with E-state index in [1.54, 1.807) is 33.2 Å². The molecule has 2 aliphatic rings.